The Balaban J connectivity index is 1.42. The first-order chi connectivity index (χ1) is 22.9. The third-order valence-electron chi connectivity index (χ3n) is 8.44. The average Bonchev–Trinajstić information content (AvgIpc) is 3.10. The first-order valence-corrected chi connectivity index (χ1v) is 16.2. The Morgan fingerprint density at radius 3 is 2.13 bits per heavy atom. The quantitative estimate of drug-likeness (QED) is 0.147. The molecule has 4 atom stereocenters. The van der Waals surface area contributed by atoms with Gasteiger partial charge in [-0.1, -0.05) is 97.1 Å². The Labute approximate surface area is 278 Å². The number of nitrogens with zero attached hydrogens (tertiary/aromatic N) is 1. The summed E-state index contributed by atoms with van der Waals surface area (Å²) in [7, 11) is 0. The highest BCUT2D eigenvalue weighted by Gasteiger charge is 2.32. The fourth-order valence-corrected chi connectivity index (χ4v) is 5.86. The van der Waals surface area contributed by atoms with Gasteiger partial charge in [-0.05, 0) is 47.9 Å². The molecule has 8 nitrogen and oxygen atoms in total. The van der Waals surface area contributed by atoms with Crippen molar-refractivity contribution in [3.63, 3.8) is 0 Å². The number of aliphatic hydroxyl groups excluding tert-OH is 1. The standard InChI is InChI=1S/C39H46N2O6/c1-3-13-32(23-37(43)41-24-34-20-12-11-19-31(34)22-36(41)25-42)38(44)40-35(27-46-26-30-17-9-6-10-18-30)28-47-39(45)33(14-4-2)21-29-15-7-5-8-16-29/h3-12,15-20,32-33,35-36,42H,1-2,13-14,21-28H2,(H,40,44)/t32-,33+,35-,36-/m0/s1. The number of rotatable bonds is 18. The van der Waals surface area contributed by atoms with Crippen LogP contribution in [0, 0.1) is 11.8 Å². The highest BCUT2D eigenvalue weighted by molar-refractivity contribution is 5.86. The van der Waals surface area contributed by atoms with Gasteiger partial charge in [0.25, 0.3) is 0 Å². The van der Waals surface area contributed by atoms with E-state index in [4.69, 9.17) is 9.47 Å². The summed E-state index contributed by atoms with van der Waals surface area (Å²) >= 11 is 0. The molecule has 248 valence electrons. The Bertz CT molecular complexity index is 1460. The number of hydrogen-bond acceptors (Lipinski definition) is 6. The third-order valence-corrected chi connectivity index (χ3v) is 8.44. The highest BCUT2D eigenvalue weighted by Crippen LogP contribution is 2.25. The van der Waals surface area contributed by atoms with E-state index >= 15 is 0 Å². The maximum atomic E-state index is 13.7. The second-order valence-corrected chi connectivity index (χ2v) is 12.0. The highest BCUT2D eigenvalue weighted by atomic mass is 16.5. The summed E-state index contributed by atoms with van der Waals surface area (Å²) in [6, 6.07) is 26.3. The molecule has 3 aromatic carbocycles. The summed E-state index contributed by atoms with van der Waals surface area (Å²) in [5, 5.41) is 13.1. The van der Waals surface area contributed by atoms with E-state index in [1.807, 2.05) is 84.9 Å². The van der Waals surface area contributed by atoms with Crippen LogP contribution >= 0.6 is 0 Å². The number of fused-ring (bicyclic) bond motifs is 1. The zero-order chi connectivity index (χ0) is 33.4. The van der Waals surface area contributed by atoms with E-state index in [0.717, 1.165) is 22.3 Å². The molecule has 47 heavy (non-hydrogen) atoms. The van der Waals surface area contributed by atoms with Crippen LogP contribution in [0.5, 0.6) is 0 Å². The number of ether oxygens (including phenoxy) is 2. The third kappa shape index (κ3) is 10.8. The molecule has 2 amide bonds. The minimum absolute atomic E-state index is 0.0492. The molecule has 1 heterocycles. The first kappa shape index (κ1) is 35.3. The van der Waals surface area contributed by atoms with Gasteiger partial charge in [-0.3, -0.25) is 14.4 Å². The lowest BCUT2D eigenvalue weighted by molar-refractivity contribution is -0.150. The predicted octanol–water partition coefficient (Wildman–Crippen LogP) is 5.19. The predicted molar refractivity (Wildman–Crippen MR) is 182 cm³/mol. The summed E-state index contributed by atoms with van der Waals surface area (Å²) in [6.07, 6.45) is 5.07. The largest absolute Gasteiger partial charge is 0.463 e. The monoisotopic (exact) mass is 638 g/mol. The maximum absolute atomic E-state index is 13.7. The SMILES string of the molecule is C=CC[C@@H](CC(=O)N1Cc2ccccc2C[C@H]1CO)C(=O)N[C@@H](COCc1ccccc1)COC(=O)[C@H](CC=C)Cc1ccccc1. The van der Waals surface area contributed by atoms with Gasteiger partial charge < -0.3 is 24.8 Å². The van der Waals surface area contributed by atoms with Crippen molar-refractivity contribution in [1.29, 1.82) is 0 Å². The summed E-state index contributed by atoms with van der Waals surface area (Å²) in [5.74, 6) is -2.06. The van der Waals surface area contributed by atoms with Crippen molar-refractivity contribution < 1.29 is 29.0 Å². The molecule has 0 spiro atoms. The lowest BCUT2D eigenvalue weighted by Gasteiger charge is -2.36. The van der Waals surface area contributed by atoms with Crippen LogP contribution in [0.15, 0.2) is 110 Å². The molecule has 3 aromatic rings. The lowest BCUT2D eigenvalue weighted by Crippen LogP contribution is -2.49. The lowest BCUT2D eigenvalue weighted by atomic mass is 9.92. The molecule has 0 saturated heterocycles. The number of nitrogens with one attached hydrogen (secondary N) is 1. The molecular weight excluding hydrogens is 592 g/mol. The number of amides is 2. The molecule has 4 rings (SSSR count). The summed E-state index contributed by atoms with van der Waals surface area (Å²) in [6.45, 7) is 8.16. The smallest absolute Gasteiger partial charge is 0.309 e. The fraction of sp³-hybridized carbons (Fsp3) is 0.359. The zero-order valence-corrected chi connectivity index (χ0v) is 27.0. The molecule has 1 aliphatic rings. The van der Waals surface area contributed by atoms with Crippen molar-refractivity contribution >= 4 is 17.8 Å². The van der Waals surface area contributed by atoms with Crippen LogP contribution in [0.4, 0.5) is 0 Å². The number of aliphatic hydroxyl groups is 1. The summed E-state index contributed by atoms with van der Waals surface area (Å²) < 4.78 is 11.7. The number of hydrogen-bond donors (Lipinski definition) is 2. The van der Waals surface area contributed by atoms with Crippen molar-refractivity contribution in [1.82, 2.24) is 10.2 Å². The first-order valence-electron chi connectivity index (χ1n) is 16.2. The van der Waals surface area contributed by atoms with Crippen LogP contribution in [-0.2, 0) is 49.9 Å². The zero-order valence-electron chi connectivity index (χ0n) is 27.0. The Hall–Kier alpha value is -4.53. The number of allylic oxidation sites excluding steroid dienone is 2. The molecule has 0 aromatic heterocycles. The van der Waals surface area contributed by atoms with Gasteiger partial charge in [-0.2, -0.15) is 0 Å². The molecule has 0 saturated carbocycles. The van der Waals surface area contributed by atoms with Gasteiger partial charge in [0.1, 0.15) is 6.61 Å². The molecule has 1 aliphatic heterocycles. The number of carbonyl (C=O) groups is 3. The van der Waals surface area contributed by atoms with Crippen molar-refractivity contribution in [2.75, 3.05) is 19.8 Å². The Kier molecular flexibility index (Phi) is 14.0. The van der Waals surface area contributed by atoms with Crippen molar-refractivity contribution in [3.05, 3.63) is 132 Å². The van der Waals surface area contributed by atoms with Gasteiger partial charge in [0.2, 0.25) is 11.8 Å². The van der Waals surface area contributed by atoms with Crippen LogP contribution < -0.4 is 5.32 Å². The van der Waals surface area contributed by atoms with E-state index in [2.05, 4.69) is 18.5 Å². The van der Waals surface area contributed by atoms with Crippen molar-refractivity contribution in [2.24, 2.45) is 11.8 Å². The molecule has 0 radical (unpaired) electrons. The molecule has 0 unspecified atom stereocenters. The average molecular weight is 639 g/mol. The number of esters is 1. The minimum atomic E-state index is -0.699. The van der Waals surface area contributed by atoms with Crippen LogP contribution in [0.25, 0.3) is 0 Å². The van der Waals surface area contributed by atoms with Gasteiger partial charge in [0.15, 0.2) is 0 Å². The fourth-order valence-electron chi connectivity index (χ4n) is 5.86. The van der Waals surface area contributed by atoms with Crippen molar-refractivity contribution in [2.45, 2.75) is 57.3 Å². The molecule has 8 heteroatoms. The van der Waals surface area contributed by atoms with E-state index in [-0.39, 0.29) is 56.5 Å². The van der Waals surface area contributed by atoms with Gasteiger partial charge in [-0.25, -0.2) is 0 Å². The summed E-state index contributed by atoms with van der Waals surface area (Å²) in [5.41, 5.74) is 4.14. The van der Waals surface area contributed by atoms with E-state index in [9.17, 15) is 19.5 Å². The molecule has 2 N–H and O–H groups in total. The van der Waals surface area contributed by atoms with Gasteiger partial charge >= 0.3 is 5.97 Å². The topological polar surface area (TPSA) is 105 Å². The van der Waals surface area contributed by atoms with Gasteiger partial charge in [-0.15, -0.1) is 13.2 Å². The molecule has 0 fully saturated rings. The molecule has 0 aliphatic carbocycles. The van der Waals surface area contributed by atoms with Gasteiger partial charge in [0.05, 0.1) is 43.7 Å². The second-order valence-electron chi connectivity index (χ2n) is 12.0. The number of carbonyl (C=O) groups excluding carboxylic acids is 3. The summed E-state index contributed by atoms with van der Waals surface area (Å²) in [4.78, 5) is 42.1. The van der Waals surface area contributed by atoms with E-state index < -0.39 is 17.9 Å². The van der Waals surface area contributed by atoms with Crippen molar-refractivity contribution in [3.8, 4) is 0 Å². The van der Waals surface area contributed by atoms with E-state index in [0.29, 0.717) is 32.4 Å². The van der Waals surface area contributed by atoms with Crippen LogP contribution in [0.2, 0.25) is 0 Å². The molecule has 0 bridgehead atoms. The van der Waals surface area contributed by atoms with Crippen LogP contribution in [0.3, 0.4) is 0 Å². The second kappa shape index (κ2) is 18.6. The van der Waals surface area contributed by atoms with Crippen LogP contribution in [-0.4, -0.2) is 59.7 Å². The minimum Gasteiger partial charge on any atom is -0.463 e. The number of benzene rings is 3. The Morgan fingerprint density at radius 2 is 1.47 bits per heavy atom. The molecular formula is C39H46N2O6. The van der Waals surface area contributed by atoms with E-state index in [1.165, 1.54) is 0 Å². The Morgan fingerprint density at radius 1 is 0.851 bits per heavy atom. The maximum Gasteiger partial charge on any atom is 0.309 e. The normalized spacial score (nSPS) is 15.9. The van der Waals surface area contributed by atoms with E-state index in [1.54, 1.807) is 17.1 Å². The van der Waals surface area contributed by atoms with Gasteiger partial charge in [0, 0.05) is 13.0 Å². The van der Waals surface area contributed by atoms with Crippen LogP contribution in [0.1, 0.15) is 41.5 Å².